The molecule has 0 radical (unpaired) electrons. The van der Waals surface area contributed by atoms with Crippen molar-refractivity contribution in [1.29, 1.82) is 0 Å². The second-order valence-corrected chi connectivity index (χ2v) is 19.6. The van der Waals surface area contributed by atoms with Crippen LogP contribution in [-0.2, 0) is 18.4 Å². The molecule has 0 aromatic carbocycles. The molecule has 0 fully saturated rings. The van der Waals surface area contributed by atoms with Crippen molar-refractivity contribution in [2.75, 3.05) is 40.9 Å². The molecule has 0 bridgehead atoms. The number of unbranched alkanes of at least 4 members (excludes halogenated alkanes) is 26. The Labute approximate surface area is 371 Å². The lowest BCUT2D eigenvalue weighted by molar-refractivity contribution is -0.870. The quantitative estimate of drug-likeness (QED) is 0.0244. The number of phosphoric ester groups is 1. The van der Waals surface area contributed by atoms with E-state index < -0.39 is 20.0 Å². The first-order valence-electron chi connectivity index (χ1n) is 25.0. The molecule has 0 saturated heterocycles. The lowest BCUT2D eigenvalue weighted by Gasteiger charge is -2.25. The summed E-state index contributed by atoms with van der Waals surface area (Å²) in [5, 5.41) is 13.8. The van der Waals surface area contributed by atoms with E-state index in [9.17, 15) is 19.4 Å². The third-order valence-corrected chi connectivity index (χ3v) is 12.0. The number of allylic oxidation sites excluding steroid dienone is 7. The molecule has 3 atom stereocenters. The molecule has 1 amide bonds. The van der Waals surface area contributed by atoms with Gasteiger partial charge in [-0.1, -0.05) is 204 Å². The summed E-state index contributed by atoms with van der Waals surface area (Å²) in [6, 6.07) is -0.871. The smallest absolute Gasteiger partial charge is 0.387 e. The molecule has 8 nitrogen and oxygen atoms in total. The molecule has 0 rings (SSSR count). The normalized spacial score (nSPS) is 14.6. The monoisotopic (exact) mass is 866 g/mol. The number of amides is 1. The topological polar surface area (TPSA) is 105 Å². The van der Waals surface area contributed by atoms with Crippen molar-refractivity contribution in [2.45, 2.75) is 231 Å². The van der Waals surface area contributed by atoms with E-state index in [1.54, 1.807) is 6.08 Å². The molecule has 0 aliphatic carbocycles. The number of rotatable bonds is 45. The number of hydrogen-bond donors (Lipinski definition) is 3. The fourth-order valence-electron chi connectivity index (χ4n) is 7.01. The molecule has 352 valence electrons. The minimum Gasteiger partial charge on any atom is -0.387 e. The third-order valence-electron chi connectivity index (χ3n) is 11.0. The van der Waals surface area contributed by atoms with Gasteiger partial charge < -0.3 is 19.8 Å². The van der Waals surface area contributed by atoms with Gasteiger partial charge in [-0.25, -0.2) is 4.57 Å². The maximum Gasteiger partial charge on any atom is 0.472 e. The van der Waals surface area contributed by atoms with Crippen LogP contribution in [0.15, 0.2) is 48.6 Å². The molecule has 0 heterocycles. The highest BCUT2D eigenvalue weighted by molar-refractivity contribution is 7.47. The van der Waals surface area contributed by atoms with E-state index >= 15 is 0 Å². The first-order valence-corrected chi connectivity index (χ1v) is 26.5. The zero-order chi connectivity index (χ0) is 44.3. The van der Waals surface area contributed by atoms with Crippen LogP contribution in [0.2, 0.25) is 0 Å². The van der Waals surface area contributed by atoms with E-state index in [4.69, 9.17) is 9.05 Å². The Kier molecular flexibility index (Phi) is 41.6. The van der Waals surface area contributed by atoms with Gasteiger partial charge in [-0.3, -0.25) is 13.8 Å². The predicted octanol–water partition coefficient (Wildman–Crippen LogP) is 14.4. The van der Waals surface area contributed by atoms with Gasteiger partial charge in [0.1, 0.15) is 13.2 Å². The highest BCUT2D eigenvalue weighted by Crippen LogP contribution is 2.43. The largest absolute Gasteiger partial charge is 0.472 e. The van der Waals surface area contributed by atoms with Crippen LogP contribution in [0.5, 0.6) is 0 Å². The molecule has 9 heteroatoms. The number of phosphoric acid groups is 1. The fourth-order valence-corrected chi connectivity index (χ4v) is 7.75. The maximum atomic E-state index is 12.9. The van der Waals surface area contributed by atoms with Crippen molar-refractivity contribution in [3.63, 3.8) is 0 Å². The summed E-state index contributed by atoms with van der Waals surface area (Å²) in [7, 11) is 1.54. The Morgan fingerprint density at radius 1 is 0.567 bits per heavy atom. The van der Waals surface area contributed by atoms with Crippen LogP contribution in [0.4, 0.5) is 0 Å². The highest BCUT2D eigenvalue weighted by Gasteiger charge is 2.27. The summed E-state index contributed by atoms with van der Waals surface area (Å²) in [6.45, 7) is 4.75. The van der Waals surface area contributed by atoms with Crippen molar-refractivity contribution in [3.8, 4) is 0 Å². The molecule has 60 heavy (non-hydrogen) atoms. The van der Waals surface area contributed by atoms with Crippen LogP contribution in [0.25, 0.3) is 0 Å². The summed E-state index contributed by atoms with van der Waals surface area (Å²) < 4.78 is 23.6. The summed E-state index contributed by atoms with van der Waals surface area (Å²) in [4.78, 5) is 23.1. The van der Waals surface area contributed by atoms with Crippen molar-refractivity contribution in [1.82, 2.24) is 5.32 Å². The summed E-state index contributed by atoms with van der Waals surface area (Å²) in [5.74, 6) is -0.202. The Morgan fingerprint density at radius 2 is 0.983 bits per heavy atom. The zero-order valence-electron chi connectivity index (χ0n) is 39.9. The van der Waals surface area contributed by atoms with Crippen LogP contribution in [0.1, 0.15) is 219 Å². The number of nitrogens with zero attached hydrogens (tertiary/aromatic N) is 1. The van der Waals surface area contributed by atoms with E-state index in [-0.39, 0.29) is 19.1 Å². The second-order valence-electron chi connectivity index (χ2n) is 18.2. The van der Waals surface area contributed by atoms with Gasteiger partial charge in [0.05, 0.1) is 39.9 Å². The molecule has 0 aliphatic rings. The van der Waals surface area contributed by atoms with Gasteiger partial charge >= 0.3 is 7.82 Å². The van der Waals surface area contributed by atoms with Gasteiger partial charge in [0.15, 0.2) is 0 Å². The third kappa shape index (κ3) is 44.5. The number of quaternary nitrogens is 1. The molecule has 3 unspecified atom stereocenters. The maximum absolute atomic E-state index is 12.9. The number of aliphatic hydroxyl groups is 1. The van der Waals surface area contributed by atoms with Crippen molar-refractivity contribution in [3.05, 3.63) is 48.6 Å². The SMILES string of the molecule is CCCC/C=C\C/C=C\CCCCCCCC(=O)NC(COP(=O)(O)OCC[N+](C)(C)C)C(O)/C=C/CC/C=C/CCCCCCCCCCCCCCCCCCCC. The van der Waals surface area contributed by atoms with Gasteiger partial charge in [-0.2, -0.15) is 0 Å². The van der Waals surface area contributed by atoms with Crippen LogP contribution < -0.4 is 5.32 Å². The number of carbonyl (C=O) groups is 1. The predicted molar refractivity (Wildman–Crippen MR) is 258 cm³/mol. The van der Waals surface area contributed by atoms with Crippen molar-refractivity contribution in [2.24, 2.45) is 0 Å². The number of aliphatic hydroxyl groups excluding tert-OH is 1. The molecule has 0 aromatic rings. The molecule has 0 saturated carbocycles. The lowest BCUT2D eigenvalue weighted by Crippen LogP contribution is -2.45. The second kappa shape index (κ2) is 42.7. The van der Waals surface area contributed by atoms with Crippen LogP contribution in [0.3, 0.4) is 0 Å². The van der Waals surface area contributed by atoms with Gasteiger partial charge in [-0.15, -0.1) is 0 Å². The standard InChI is InChI=1S/C51H97N2O6P/c1-6-8-10-12-14-16-18-20-22-23-24-25-26-27-28-29-30-31-32-34-36-38-40-42-44-50(54)49(48-59-60(56,57)58-47-46-53(3,4)5)52-51(55)45-43-41-39-37-35-33-21-19-17-15-13-11-9-7-2/h13,15,19,21,34,36,42,44,49-50,54H,6-12,14,16-18,20,22-33,35,37-41,43,45-48H2,1-5H3,(H-,52,55,56,57)/p+1/b15-13-,21-19-,36-34+,44-42+. The van der Waals surface area contributed by atoms with Crippen LogP contribution >= 0.6 is 7.82 Å². The Balaban J connectivity index is 4.34. The Bertz CT molecular complexity index is 1120. The summed E-state index contributed by atoms with van der Waals surface area (Å²) in [5.41, 5.74) is 0. The highest BCUT2D eigenvalue weighted by atomic mass is 31.2. The Hall–Kier alpha value is -1.54. The average Bonchev–Trinajstić information content (AvgIpc) is 3.20. The van der Waals surface area contributed by atoms with Gasteiger partial charge in [-0.05, 0) is 57.8 Å². The molecular weight excluding hydrogens is 768 g/mol. The summed E-state index contributed by atoms with van der Waals surface area (Å²) in [6.07, 6.45) is 54.9. The molecule has 3 N–H and O–H groups in total. The lowest BCUT2D eigenvalue weighted by atomic mass is 10.0. The molecular formula is C51H98N2O6P+. The number of likely N-dealkylation sites (N-methyl/N-ethyl adjacent to an activating group) is 1. The van der Waals surface area contributed by atoms with Crippen LogP contribution in [-0.4, -0.2) is 73.4 Å². The molecule has 0 aromatic heterocycles. The zero-order valence-corrected chi connectivity index (χ0v) is 40.8. The van der Waals surface area contributed by atoms with E-state index in [1.807, 2.05) is 27.2 Å². The summed E-state index contributed by atoms with van der Waals surface area (Å²) >= 11 is 0. The minimum absolute atomic E-state index is 0.0522. The van der Waals surface area contributed by atoms with E-state index in [2.05, 4.69) is 55.6 Å². The fraction of sp³-hybridized carbons (Fsp3) is 0.824. The number of nitrogens with one attached hydrogen (secondary N) is 1. The van der Waals surface area contributed by atoms with Gasteiger partial charge in [0, 0.05) is 6.42 Å². The van der Waals surface area contributed by atoms with E-state index in [1.165, 1.54) is 135 Å². The van der Waals surface area contributed by atoms with E-state index in [0.717, 1.165) is 64.2 Å². The van der Waals surface area contributed by atoms with Crippen LogP contribution in [0, 0.1) is 0 Å². The first kappa shape index (κ1) is 58.5. The molecule has 0 aliphatic heterocycles. The number of carbonyl (C=O) groups excluding carboxylic acids is 1. The van der Waals surface area contributed by atoms with Gasteiger partial charge in [0.25, 0.3) is 0 Å². The Morgan fingerprint density at radius 3 is 1.48 bits per heavy atom. The van der Waals surface area contributed by atoms with Gasteiger partial charge in [0.2, 0.25) is 5.91 Å². The first-order chi connectivity index (χ1) is 29.0. The van der Waals surface area contributed by atoms with E-state index in [0.29, 0.717) is 17.4 Å². The van der Waals surface area contributed by atoms with Crippen molar-refractivity contribution >= 4 is 13.7 Å². The minimum atomic E-state index is -4.35. The number of hydrogen-bond acceptors (Lipinski definition) is 5. The average molecular weight is 866 g/mol. The van der Waals surface area contributed by atoms with Crippen molar-refractivity contribution < 1.29 is 32.9 Å². The molecule has 0 spiro atoms.